The van der Waals surface area contributed by atoms with Gasteiger partial charge in [-0.25, -0.2) is 0 Å². The number of rotatable bonds is 5. The van der Waals surface area contributed by atoms with E-state index in [1.807, 2.05) is 18.2 Å². The molecule has 0 N–H and O–H groups in total. The second kappa shape index (κ2) is 6.23. The zero-order chi connectivity index (χ0) is 12.0. The highest BCUT2D eigenvalue weighted by Gasteiger charge is 2.09. The Morgan fingerprint density at radius 1 is 1.50 bits per heavy atom. The van der Waals surface area contributed by atoms with Crippen molar-refractivity contribution in [3.8, 4) is 5.75 Å². The Kier molecular flexibility index (Phi) is 4.92. The van der Waals surface area contributed by atoms with E-state index in [0.717, 1.165) is 11.1 Å². The van der Waals surface area contributed by atoms with Gasteiger partial charge in [-0.15, -0.1) is 0 Å². The van der Waals surface area contributed by atoms with Crippen LogP contribution >= 0.6 is 12.2 Å². The monoisotopic (exact) mass is 238 g/mol. The molecular formula is C12H14O3S. The first-order chi connectivity index (χ1) is 7.71. The van der Waals surface area contributed by atoms with Crippen LogP contribution in [0.4, 0.5) is 0 Å². The second-order valence-electron chi connectivity index (χ2n) is 3.17. The first-order valence-corrected chi connectivity index (χ1v) is 5.46. The van der Waals surface area contributed by atoms with E-state index in [9.17, 15) is 4.79 Å². The van der Waals surface area contributed by atoms with E-state index in [4.69, 9.17) is 21.7 Å². The van der Waals surface area contributed by atoms with Gasteiger partial charge >= 0.3 is 5.97 Å². The molecule has 1 aromatic rings. The van der Waals surface area contributed by atoms with Crippen molar-refractivity contribution in [3.63, 3.8) is 0 Å². The van der Waals surface area contributed by atoms with Gasteiger partial charge in [0.2, 0.25) is 0 Å². The fourth-order valence-electron chi connectivity index (χ4n) is 1.35. The molecule has 0 aliphatic heterocycles. The number of esters is 1. The van der Waals surface area contributed by atoms with Gasteiger partial charge in [-0.05, 0) is 18.6 Å². The summed E-state index contributed by atoms with van der Waals surface area (Å²) in [5, 5.41) is 1.57. The Morgan fingerprint density at radius 3 is 2.81 bits per heavy atom. The van der Waals surface area contributed by atoms with E-state index in [-0.39, 0.29) is 12.4 Å². The number of carbonyl (C=O) groups is 1. The Bertz CT molecular complexity index is 388. The zero-order valence-electron chi connectivity index (χ0n) is 9.36. The predicted octanol–water partition coefficient (Wildman–Crippen LogP) is 2.15. The third-order valence-corrected chi connectivity index (χ3v) is 2.36. The largest absolute Gasteiger partial charge is 0.496 e. The van der Waals surface area contributed by atoms with Crippen LogP contribution in [0.25, 0.3) is 0 Å². The van der Waals surface area contributed by atoms with Gasteiger partial charge in [0.15, 0.2) is 0 Å². The maximum Gasteiger partial charge on any atom is 0.310 e. The lowest BCUT2D eigenvalue weighted by molar-refractivity contribution is -0.142. The van der Waals surface area contributed by atoms with Crippen LogP contribution in [0.1, 0.15) is 18.1 Å². The van der Waals surface area contributed by atoms with Crippen LogP contribution in [-0.2, 0) is 16.0 Å². The van der Waals surface area contributed by atoms with Gasteiger partial charge in [-0.1, -0.05) is 24.4 Å². The maximum atomic E-state index is 11.3. The minimum Gasteiger partial charge on any atom is -0.496 e. The number of hydrogen-bond donors (Lipinski definition) is 0. The molecule has 0 aliphatic carbocycles. The van der Waals surface area contributed by atoms with Crippen LogP contribution in [0.15, 0.2) is 18.2 Å². The summed E-state index contributed by atoms with van der Waals surface area (Å²) in [6.07, 6.45) is 0.217. The first kappa shape index (κ1) is 12.6. The number of methoxy groups -OCH3 is 1. The summed E-state index contributed by atoms with van der Waals surface area (Å²) in [4.78, 5) is 11.3. The Balaban J connectivity index is 2.87. The average molecular weight is 238 g/mol. The molecule has 1 aromatic carbocycles. The SMILES string of the molecule is CCOC(=O)Cc1ccc(C=S)cc1OC. The molecular weight excluding hydrogens is 224 g/mol. The molecule has 0 fully saturated rings. The van der Waals surface area contributed by atoms with E-state index < -0.39 is 0 Å². The van der Waals surface area contributed by atoms with E-state index in [1.165, 1.54) is 0 Å². The van der Waals surface area contributed by atoms with Gasteiger partial charge in [-0.2, -0.15) is 0 Å². The summed E-state index contributed by atoms with van der Waals surface area (Å²) in [5.74, 6) is 0.405. The molecule has 0 unspecified atom stereocenters. The van der Waals surface area contributed by atoms with Crippen molar-refractivity contribution in [2.45, 2.75) is 13.3 Å². The fourth-order valence-corrected chi connectivity index (χ4v) is 1.49. The Labute approximate surface area is 100 Å². The van der Waals surface area contributed by atoms with E-state index in [1.54, 1.807) is 19.4 Å². The molecule has 0 saturated carbocycles. The van der Waals surface area contributed by atoms with Crippen LogP contribution in [0.2, 0.25) is 0 Å². The number of benzene rings is 1. The summed E-state index contributed by atoms with van der Waals surface area (Å²) < 4.78 is 10.1. The number of hydrogen-bond acceptors (Lipinski definition) is 4. The lowest BCUT2D eigenvalue weighted by Crippen LogP contribution is -2.08. The van der Waals surface area contributed by atoms with Crippen molar-refractivity contribution >= 4 is 23.6 Å². The number of thiocarbonyl (C=S) groups is 1. The maximum absolute atomic E-state index is 11.3. The quantitative estimate of drug-likeness (QED) is 0.581. The van der Waals surface area contributed by atoms with Crippen molar-refractivity contribution in [2.75, 3.05) is 13.7 Å². The van der Waals surface area contributed by atoms with Crippen LogP contribution in [0.3, 0.4) is 0 Å². The minimum atomic E-state index is -0.254. The Hall–Kier alpha value is -1.42. The second-order valence-corrected chi connectivity index (χ2v) is 3.41. The fraction of sp³-hybridized carbons (Fsp3) is 0.333. The summed E-state index contributed by atoms with van der Waals surface area (Å²) in [5.41, 5.74) is 1.70. The molecule has 0 heterocycles. The molecule has 0 saturated heterocycles. The van der Waals surface area contributed by atoms with Gasteiger partial charge < -0.3 is 9.47 Å². The average Bonchev–Trinajstić information content (AvgIpc) is 2.30. The molecule has 0 aromatic heterocycles. The van der Waals surface area contributed by atoms with Crippen LogP contribution in [-0.4, -0.2) is 25.1 Å². The summed E-state index contributed by atoms with van der Waals surface area (Å²) >= 11 is 4.83. The molecule has 3 nitrogen and oxygen atoms in total. The molecule has 4 heteroatoms. The molecule has 16 heavy (non-hydrogen) atoms. The highest BCUT2D eigenvalue weighted by molar-refractivity contribution is 7.79. The minimum absolute atomic E-state index is 0.217. The number of ether oxygens (including phenoxy) is 2. The van der Waals surface area contributed by atoms with Crippen molar-refractivity contribution < 1.29 is 14.3 Å². The van der Waals surface area contributed by atoms with Gasteiger partial charge in [0.05, 0.1) is 20.1 Å². The molecule has 0 atom stereocenters. The standard InChI is InChI=1S/C12H14O3S/c1-3-15-12(13)7-10-5-4-9(8-16)6-11(10)14-2/h4-6,8H,3,7H2,1-2H3. The smallest absolute Gasteiger partial charge is 0.310 e. The molecule has 0 aliphatic rings. The molecule has 1 rings (SSSR count). The van der Waals surface area contributed by atoms with Crippen molar-refractivity contribution in [3.05, 3.63) is 29.3 Å². The highest BCUT2D eigenvalue weighted by atomic mass is 32.1. The van der Waals surface area contributed by atoms with Crippen molar-refractivity contribution in [1.29, 1.82) is 0 Å². The van der Waals surface area contributed by atoms with Crippen LogP contribution in [0, 0.1) is 0 Å². The topological polar surface area (TPSA) is 35.5 Å². The van der Waals surface area contributed by atoms with Gasteiger partial charge in [-0.3, -0.25) is 4.79 Å². The van der Waals surface area contributed by atoms with E-state index in [2.05, 4.69) is 0 Å². The predicted molar refractivity (Wildman–Crippen MR) is 66.1 cm³/mol. The van der Waals surface area contributed by atoms with E-state index >= 15 is 0 Å². The molecule has 86 valence electrons. The molecule has 0 amide bonds. The van der Waals surface area contributed by atoms with Crippen molar-refractivity contribution in [1.82, 2.24) is 0 Å². The highest BCUT2D eigenvalue weighted by Crippen LogP contribution is 2.20. The number of carbonyl (C=O) groups excluding carboxylic acids is 1. The van der Waals surface area contributed by atoms with Gasteiger partial charge in [0, 0.05) is 10.9 Å². The molecule has 0 spiro atoms. The molecule has 0 radical (unpaired) electrons. The summed E-state index contributed by atoms with van der Waals surface area (Å²) in [6.45, 7) is 2.17. The molecule has 0 bridgehead atoms. The van der Waals surface area contributed by atoms with E-state index in [0.29, 0.717) is 12.4 Å². The van der Waals surface area contributed by atoms with Crippen LogP contribution in [0.5, 0.6) is 5.75 Å². The Morgan fingerprint density at radius 2 is 2.25 bits per heavy atom. The van der Waals surface area contributed by atoms with Crippen LogP contribution < -0.4 is 4.74 Å². The lowest BCUT2D eigenvalue weighted by Gasteiger charge is -2.08. The van der Waals surface area contributed by atoms with Gasteiger partial charge in [0.25, 0.3) is 0 Å². The normalized spacial score (nSPS) is 9.62. The van der Waals surface area contributed by atoms with Gasteiger partial charge in [0.1, 0.15) is 5.75 Å². The third kappa shape index (κ3) is 3.31. The third-order valence-electron chi connectivity index (χ3n) is 2.09. The first-order valence-electron chi connectivity index (χ1n) is 4.99. The lowest BCUT2D eigenvalue weighted by atomic mass is 10.1. The summed E-state index contributed by atoms with van der Waals surface area (Å²) in [6, 6.07) is 5.49. The summed E-state index contributed by atoms with van der Waals surface area (Å²) in [7, 11) is 1.57. The van der Waals surface area contributed by atoms with Crippen molar-refractivity contribution in [2.24, 2.45) is 0 Å². The zero-order valence-corrected chi connectivity index (χ0v) is 10.2.